The van der Waals surface area contributed by atoms with E-state index in [0.29, 0.717) is 21.7 Å². The van der Waals surface area contributed by atoms with Gasteiger partial charge in [0.2, 0.25) is 5.91 Å². The van der Waals surface area contributed by atoms with E-state index in [-0.39, 0.29) is 0 Å². The van der Waals surface area contributed by atoms with Crippen molar-refractivity contribution < 1.29 is 9.53 Å². The summed E-state index contributed by atoms with van der Waals surface area (Å²) < 4.78 is 6.25. The number of ether oxygens (including phenoxy) is 1. The monoisotopic (exact) mass is 269 g/mol. The topological polar surface area (TPSA) is 52.3 Å². The number of halogens is 1. The second-order valence-corrected chi connectivity index (χ2v) is 4.53. The van der Waals surface area contributed by atoms with E-state index in [1.807, 2.05) is 6.07 Å². The molecular weight excluding hydrogens is 258 g/mol. The highest BCUT2D eigenvalue weighted by molar-refractivity contribution is 9.10. The first kappa shape index (κ1) is 10.5. The molecule has 1 aliphatic carbocycles. The Morgan fingerprint density at radius 2 is 2.27 bits per heavy atom. The molecule has 0 spiro atoms. The van der Waals surface area contributed by atoms with Crippen LogP contribution in [0.15, 0.2) is 22.7 Å². The molecule has 0 saturated heterocycles. The third-order valence-electron chi connectivity index (χ3n) is 2.40. The molecule has 2 rings (SSSR count). The molecule has 0 aromatic heterocycles. The Balaban J connectivity index is 2.14. The average Bonchev–Trinajstić information content (AvgIpc) is 2.99. The molecule has 1 fully saturated rings. The first-order valence-corrected chi connectivity index (χ1v) is 5.69. The number of hydrogen-bond acceptors (Lipinski definition) is 2. The molecule has 80 valence electrons. The Kier molecular flexibility index (Phi) is 2.95. The molecule has 0 aliphatic heterocycles. The highest BCUT2D eigenvalue weighted by Crippen LogP contribution is 2.33. The zero-order valence-electron chi connectivity index (χ0n) is 8.20. The first-order valence-electron chi connectivity index (χ1n) is 4.89. The van der Waals surface area contributed by atoms with Crippen LogP contribution in [-0.2, 0) is 0 Å². The van der Waals surface area contributed by atoms with Crippen molar-refractivity contribution in [2.24, 2.45) is 11.7 Å². The molecular formula is C11H12BrNO2. The molecule has 3 nitrogen and oxygen atoms in total. The minimum atomic E-state index is -0.446. The number of amides is 1. The van der Waals surface area contributed by atoms with Crippen molar-refractivity contribution in [3.05, 3.63) is 28.2 Å². The molecule has 1 aliphatic rings. The van der Waals surface area contributed by atoms with Gasteiger partial charge in [-0.15, -0.1) is 0 Å². The summed E-state index contributed by atoms with van der Waals surface area (Å²) in [6.07, 6.45) is 2.49. The van der Waals surface area contributed by atoms with E-state index in [0.717, 1.165) is 6.61 Å². The van der Waals surface area contributed by atoms with Gasteiger partial charge < -0.3 is 10.5 Å². The largest absolute Gasteiger partial charge is 0.492 e. The van der Waals surface area contributed by atoms with Crippen LogP contribution in [0.1, 0.15) is 23.2 Å². The van der Waals surface area contributed by atoms with E-state index in [9.17, 15) is 4.79 Å². The van der Waals surface area contributed by atoms with E-state index in [1.165, 1.54) is 12.8 Å². The van der Waals surface area contributed by atoms with E-state index in [1.54, 1.807) is 12.1 Å². The van der Waals surface area contributed by atoms with Gasteiger partial charge in [0.1, 0.15) is 5.75 Å². The molecule has 0 atom stereocenters. The fourth-order valence-electron chi connectivity index (χ4n) is 1.30. The average molecular weight is 270 g/mol. The summed E-state index contributed by atoms with van der Waals surface area (Å²) in [6, 6.07) is 5.28. The van der Waals surface area contributed by atoms with Crippen LogP contribution in [0.25, 0.3) is 0 Å². The van der Waals surface area contributed by atoms with Crippen LogP contribution in [0.2, 0.25) is 0 Å². The maximum absolute atomic E-state index is 11.1. The highest BCUT2D eigenvalue weighted by atomic mass is 79.9. The second-order valence-electron chi connectivity index (χ2n) is 3.74. The predicted octanol–water partition coefficient (Wildman–Crippen LogP) is 2.34. The zero-order chi connectivity index (χ0) is 10.8. The number of rotatable bonds is 4. The molecule has 4 heteroatoms. The summed E-state index contributed by atoms with van der Waals surface area (Å²) >= 11 is 3.33. The Morgan fingerprint density at radius 1 is 1.53 bits per heavy atom. The summed E-state index contributed by atoms with van der Waals surface area (Å²) in [7, 11) is 0. The lowest BCUT2D eigenvalue weighted by Gasteiger charge is -2.09. The summed E-state index contributed by atoms with van der Waals surface area (Å²) in [5.41, 5.74) is 5.69. The lowest BCUT2D eigenvalue weighted by molar-refractivity contribution is 0.0999. The Morgan fingerprint density at radius 3 is 2.87 bits per heavy atom. The molecule has 0 unspecified atom stereocenters. The SMILES string of the molecule is NC(=O)c1cccc(OCC2CC2)c1Br. The molecule has 0 bridgehead atoms. The zero-order valence-corrected chi connectivity index (χ0v) is 9.79. The molecule has 1 amide bonds. The summed E-state index contributed by atoms with van der Waals surface area (Å²) in [4.78, 5) is 11.1. The van der Waals surface area contributed by atoms with Crippen LogP contribution >= 0.6 is 15.9 Å². The van der Waals surface area contributed by atoms with E-state index >= 15 is 0 Å². The number of carbonyl (C=O) groups is 1. The van der Waals surface area contributed by atoms with Gasteiger partial charge in [0.15, 0.2) is 0 Å². The van der Waals surface area contributed by atoms with Gasteiger partial charge in [-0.2, -0.15) is 0 Å². The van der Waals surface area contributed by atoms with Crippen LogP contribution in [0.5, 0.6) is 5.75 Å². The smallest absolute Gasteiger partial charge is 0.249 e. The third kappa shape index (κ3) is 2.50. The molecule has 0 radical (unpaired) electrons. The van der Waals surface area contributed by atoms with Crippen molar-refractivity contribution >= 4 is 21.8 Å². The van der Waals surface area contributed by atoms with Gasteiger partial charge in [0, 0.05) is 0 Å². The van der Waals surface area contributed by atoms with Gasteiger partial charge in [0.25, 0.3) is 0 Å². The summed E-state index contributed by atoms with van der Waals surface area (Å²) in [6.45, 7) is 0.723. The molecule has 1 aromatic carbocycles. The molecule has 1 aromatic rings. The van der Waals surface area contributed by atoms with Gasteiger partial charge >= 0.3 is 0 Å². The van der Waals surface area contributed by atoms with Gasteiger partial charge in [-0.05, 0) is 46.8 Å². The maximum Gasteiger partial charge on any atom is 0.249 e. The lowest BCUT2D eigenvalue weighted by Crippen LogP contribution is -2.12. The quantitative estimate of drug-likeness (QED) is 0.912. The highest BCUT2D eigenvalue weighted by Gasteiger charge is 2.22. The first-order chi connectivity index (χ1) is 7.18. The van der Waals surface area contributed by atoms with Gasteiger partial charge in [0.05, 0.1) is 16.6 Å². The van der Waals surface area contributed by atoms with Crippen molar-refractivity contribution in [1.82, 2.24) is 0 Å². The minimum Gasteiger partial charge on any atom is -0.492 e. The van der Waals surface area contributed by atoms with Crippen LogP contribution < -0.4 is 10.5 Å². The molecule has 1 saturated carbocycles. The van der Waals surface area contributed by atoms with E-state index < -0.39 is 5.91 Å². The number of primary amides is 1. The number of benzene rings is 1. The van der Waals surface area contributed by atoms with Gasteiger partial charge in [-0.25, -0.2) is 0 Å². The van der Waals surface area contributed by atoms with Crippen molar-refractivity contribution in [2.75, 3.05) is 6.61 Å². The fourth-order valence-corrected chi connectivity index (χ4v) is 1.88. The number of nitrogens with two attached hydrogens (primary N) is 1. The predicted molar refractivity (Wildman–Crippen MR) is 60.9 cm³/mol. The van der Waals surface area contributed by atoms with Crippen molar-refractivity contribution in [3.8, 4) is 5.75 Å². The Bertz CT molecular complexity index is 388. The summed E-state index contributed by atoms with van der Waals surface area (Å²) in [5.74, 6) is 0.936. The van der Waals surface area contributed by atoms with Gasteiger partial charge in [-0.3, -0.25) is 4.79 Å². The minimum absolute atomic E-state index is 0.446. The Labute approximate surface area is 96.7 Å². The van der Waals surface area contributed by atoms with Crippen LogP contribution in [0, 0.1) is 5.92 Å². The second kappa shape index (κ2) is 4.23. The number of carbonyl (C=O) groups excluding carboxylic acids is 1. The normalized spacial score (nSPS) is 15.0. The lowest BCUT2D eigenvalue weighted by atomic mass is 10.2. The van der Waals surface area contributed by atoms with Crippen molar-refractivity contribution in [2.45, 2.75) is 12.8 Å². The van der Waals surface area contributed by atoms with Crippen LogP contribution in [-0.4, -0.2) is 12.5 Å². The standard InChI is InChI=1S/C11H12BrNO2/c12-10-8(11(13)14)2-1-3-9(10)15-6-7-4-5-7/h1-3,7H,4-6H2,(H2,13,14). The van der Waals surface area contributed by atoms with E-state index in [2.05, 4.69) is 15.9 Å². The molecule has 2 N–H and O–H groups in total. The Hall–Kier alpha value is -1.03. The third-order valence-corrected chi connectivity index (χ3v) is 3.22. The summed E-state index contributed by atoms with van der Waals surface area (Å²) in [5, 5.41) is 0. The van der Waals surface area contributed by atoms with Crippen LogP contribution in [0.3, 0.4) is 0 Å². The molecule has 0 heterocycles. The van der Waals surface area contributed by atoms with E-state index in [4.69, 9.17) is 10.5 Å². The number of hydrogen-bond donors (Lipinski definition) is 1. The van der Waals surface area contributed by atoms with Crippen molar-refractivity contribution in [1.29, 1.82) is 0 Å². The van der Waals surface area contributed by atoms with Gasteiger partial charge in [-0.1, -0.05) is 6.07 Å². The van der Waals surface area contributed by atoms with Crippen molar-refractivity contribution in [3.63, 3.8) is 0 Å². The fraction of sp³-hybridized carbons (Fsp3) is 0.364. The maximum atomic E-state index is 11.1. The van der Waals surface area contributed by atoms with Crippen LogP contribution in [0.4, 0.5) is 0 Å². The molecule has 15 heavy (non-hydrogen) atoms.